The third-order valence-electron chi connectivity index (χ3n) is 2.61. The topological polar surface area (TPSA) is 110 Å². The molecule has 2 amide bonds. The van der Waals surface area contributed by atoms with E-state index in [0.717, 1.165) is 17.5 Å². The molecular weight excluding hydrogens is 338 g/mol. The number of rotatable bonds is 4. The Hall–Kier alpha value is -2.32. The van der Waals surface area contributed by atoms with Crippen LogP contribution in [0.3, 0.4) is 0 Å². The Morgan fingerprint density at radius 1 is 1.22 bits per heavy atom. The van der Waals surface area contributed by atoms with Gasteiger partial charge in [0.1, 0.15) is 5.82 Å². The van der Waals surface area contributed by atoms with E-state index in [2.05, 4.69) is 20.8 Å². The molecule has 2 rings (SSSR count). The molecule has 0 saturated heterocycles. The average Bonchev–Trinajstić information content (AvgIpc) is 2.50. The van der Waals surface area contributed by atoms with Crippen LogP contribution < -0.4 is 16.6 Å². The molecule has 0 aliphatic carbocycles. The van der Waals surface area contributed by atoms with Crippen molar-refractivity contribution in [3.63, 3.8) is 0 Å². The van der Waals surface area contributed by atoms with Crippen molar-refractivity contribution in [3.05, 3.63) is 46.6 Å². The van der Waals surface area contributed by atoms with Crippen molar-refractivity contribution in [1.82, 2.24) is 20.8 Å². The molecule has 1 aromatic heterocycles. The van der Waals surface area contributed by atoms with Crippen LogP contribution in [-0.2, 0) is 4.79 Å². The quantitative estimate of drug-likeness (QED) is 0.438. The highest BCUT2D eigenvalue weighted by molar-refractivity contribution is 7.99. The molecule has 0 aliphatic heterocycles. The lowest BCUT2D eigenvalue weighted by atomic mass is 10.2. The van der Waals surface area contributed by atoms with E-state index >= 15 is 0 Å². The minimum absolute atomic E-state index is 0.0454. The molecule has 0 saturated carbocycles. The molecule has 4 N–H and O–H groups in total. The summed E-state index contributed by atoms with van der Waals surface area (Å²) in [4.78, 5) is 31.7. The van der Waals surface area contributed by atoms with Crippen molar-refractivity contribution in [2.75, 3.05) is 11.5 Å². The lowest BCUT2D eigenvalue weighted by molar-refractivity contribution is -0.119. The number of hydrogen-bond donors (Lipinski definition) is 3. The maximum absolute atomic E-state index is 11.8. The number of nitrogens with two attached hydrogens (primary N) is 1. The number of benzene rings is 1. The molecule has 0 unspecified atom stereocenters. The SMILES string of the molecule is Cc1cc(N)nc(SCC(=O)NNC(=O)c2ccc(Cl)cc2)n1. The number of carbonyl (C=O) groups excluding carboxylic acids is 2. The number of aryl methyl sites for hydroxylation is 1. The highest BCUT2D eigenvalue weighted by atomic mass is 35.5. The highest BCUT2D eigenvalue weighted by Crippen LogP contribution is 2.14. The minimum atomic E-state index is -0.434. The predicted molar refractivity (Wildman–Crippen MR) is 89.0 cm³/mol. The van der Waals surface area contributed by atoms with Crippen LogP contribution in [0.1, 0.15) is 16.1 Å². The molecule has 0 bridgehead atoms. The van der Waals surface area contributed by atoms with Crippen molar-refractivity contribution in [3.8, 4) is 0 Å². The average molecular weight is 352 g/mol. The van der Waals surface area contributed by atoms with Gasteiger partial charge in [0, 0.05) is 22.3 Å². The largest absolute Gasteiger partial charge is 0.384 e. The van der Waals surface area contributed by atoms with Gasteiger partial charge in [-0.1, -0.05) is 23.4 Å². The molecular formula is C14H14ClN5O2S. The first-order valence-electron chi connectivity index (χ1n) is 6.53. The Balaban J connectivity index is 1.80. The Morgan fingerprint density at radius 2 is 1.91 bits per heavy atom. The normalized spacial score (nSPS) is 10.2. The molecule has 1 heterocycles. The van der Waals surface area contributed by atoms with E-state index in [1.807, 2.05) is 0 Å². The zero-order chi connectivity index (χ0) is 16.8. The molecule has 7 nitrogen and oxygen atoms in total. The first-order valence-corrected chi connectivity index (χ1v) is 7.89. The fraction of sp³-hybridized carbons (Fsp3) is 0.143. The van der Waals surface area contributed by atoms with Gasteiger partial charge in [0.25, 0.3) is 5.91 Å². The number of halogens is 1. The third kappa shape index (κ3) is 5.42. The Bertz CT molecular complexity index is 703. The number of nitrogens with zero attached hydrogens (tertiary/aromatic N) is 2. The second-order valence-electron chi connectivity index (χ2n) is 4.51. The molecule has 0 fully saturated rings. The lowest BCUT2D eigenvalue weighted by Crippen LogP contribution is -2.42. The fourth-order valence-corrected chi connectivity index (χ4v) is 2.43. The van der Waals surface area contributed by atoms with Gasteiger partial charge >= 0.3 is 0 Å². The Kier molecular flexibility index (Phi) is 5.78. The monoisotopic (exact) mass is 351 g/mol. The molecule has 1 aromatic carbocycles. The summed E-state index contributed by atoms with van der Waals surface area (Å²) in [5.41, 5.74) is 11.3. The van der Waals surface area contributed by atoms with Crippen LogP contribution in [0.5, 0.6) is 0 Å². The number of carbonyl (C=O) groups is 2. The van der Waals surface area contributed by atoms with E-state index in [-0.39, 0.29) is 11.7 Å². The number of thioether (sulfide) groups is 1. The highest BCUT2D eigenvalue weighted by Gasteiger charge is 2.09. The second kappa shape index (κ2) is 7.80. The second-order valence-corrected chi connectivity index (χ2v) is 5.89. The lowest BCUT2D eigenvalue weighted by Gasteiger charge is -2.07. The van der Waals surface area contributed by atoms with Crippen LogP contribution in [0.25, 0.3) is 0 Å². The van der Waals surface area contributed by atoms with E-state index in [1.165, 1.54) is 0 Å². The molecule has 9 heteroatoms. The maximum Gasteiger partial charge on any atom is 0.269 e. The third-order valence-corrected chi connectivity index (χ3v) is 3.71. The summed E-state index contributed by atoms with van der Waals surface area (Å²) in [5.74, 6) is -0.433. The number of nitrogens with one attached hydrogen (secondary N) is 2. The molecule has 0 spiro atoms. The van der Waals surface area contributed by atoms with Gasteiger partial charge in [-0.25, -0.2) is 9.97 Å². The van der Waals surface area contributed by atoms with Gasteiger partial charge in [-0.2, -0.15) is 0 Å². The summed E-state index contributed by atoms with van der Waals surface area (Å²) < 4.78 is 0. The summed E-state index contributed by atoms with van der Waals surface area (Å²) >= 11 is 6.86. The van der Waals surface area contributed by atoms with Gasteiger partial charge in [0.15, 0.2) is 5.16 Å². The summed E-state index contributed by atoms with van der Waals surface area (Å²) in [6.45, 7) is 1.79. The zero-order valence-electron chi connectivity index (χ0n) is 12.2. The Labute approximate surface area is 142 Å². The van der Waals surface area contributed by atoms with Crippen molar-refractivity contribution in [2.45, 2.75) is 12.1 Å². The van der Waals surface area contributed by atoms with Crippen LogP contribution in [0.2, 0.25) is 5.02 Å². The first kappa shape index (κ1) is 17.0. The van der Waals surface area contributed by atoms with Gasteiger partial charge in [0.05, 0.1) is 5.75 Å². The molecule has 23 heavy (non-hydrogen) atoms. The van der Waals surface area contributed by atoms with Crippen LogP contribution in [-0.4, -0.2) is 27.5 Å². The molecule has 0 atom stereocenters. The van der Waals surface area contributed by atoms with Crippen LogP contribution in [0, 0.1) is 6.92 Å². The molecule has 2 aromatic rings. The van der Waals surface area contributed by atoms with Crippen molar-refractivity contribution in [1.29, 1.82) is 0 Å². The smallest absolute Gasteiger partial charge is 0.269 e. The van der Waals surface area contributed by atoms with E-state index in [0.29, 0.717) is 21.6 Å². The van der Waals surface area contributed by atoms with Gasteiger partial charge in [-0.3, -0.25) is 20.4 Å². The van der Waals surface area contributed by atoms with Gasteiger partial charge in [-0.15, -0.1) is 0 Å². The fourth-order valence-electron chi connectivity index (χ4n) is 1.60. The van der Waals surface area contributed by atoms with E-state index in [9.17, 15) is 9.59 Å². The molecule has 120 valence electrons. The number of hydrazine groups is 1. The van der Waals surface area contributed by atoms with E-state index in [1.54, 1.807) is 37.3 Å². The molecule has 0 radical (unpaired) electrons. The van der Waals surface area contributed by atoms with Crippen LogP contribution in [0.15, 0.2) is 35.5 Å². The van der Waals surface area contributed by atoms with Crippen LogP contribution in [0.4, 0.5) is 5.82 Å². The maximum atomic E-state index is 11.8. The first-order chi connectivity index (χ1) is 10.9. The number of amides is 2. The van der Waals surface area contributed by atoms with Gasteiger partial charge < -0.3 is 5.73 Å². The number of anilines is 1. The summed E-state index contributed by atoms with van der Waals surface area (Å²) in [6.07, 6.45) is 0. The van der Waals surface area contributed by atoms with Crippen molar-refractivity contribution < 1.29 is 9.59 Å². The number of hydrogen-bond acceptors (Lipinski definition) is 6. The Morgan fingerprint density at radius 3 is 2.57 bits per heavy atom. The van der Waals surface area contributed by atoms with Gasteiger partial charge in [-0.05, 0) is 31.2 Å². The van der Waals surface area contributed by atoms with Crippen molar-refractivity contribution >= 4 is 41.0 Å². The minimum Gasteiger partial charge on any atom is -0.384 e. The standard InChI is InChI=1S/C14H14ClN5O2S/c1-8-6-11(16)18-14(17-8)23-7-12(21)19-20-13(22)9-2-4-10(15)5-3-9/h2-6H,7H2,1H3,(H,19,21)(H,20,22)(H2,16,17,18). The van der Waals surface area contributed by atoms with E-state index < -0.39 is 5.91 Å². The van der Waals surface area contributed by atoms with E-state index in [4.69, 9.17) is 17.3 Å². The van der Waals surface area contributed by atoms with Gasteiger partial charge in [0.2, 0.25) is 5.91 Å². The predicted octanol–water partition coefficient (Wildman–Crippen LogP) is 1.57. The zero-order valence-corrected chi connectivity index (χ0v) is 13.7. The van der Waals surface area contributed by atoms with Crippen molar-refractivity contribution in [2.24, 2.45) is 0 Å². The summed E-state index contributed by atoms with van der Waals surface area (Å²) in [7, 11) is 0. The molecule has 0 aliphatic rings. The number of aromatic nitrogens is 2. The summed E-state index contributed by atoms with van der Waals surface area (Å²) in [6, 6.07) is 7.93. The number of nitrogen functional groups attached to an aromatic ring is 1. The van der Waals surface area contributed by atoms with Crippen LogP contribution >= 0.6 is 23.4 Å². The summed E-state index contributed by atoms with van der Waals surface area (Å²) in [5, 5.41) is 0.932.